The zero-order valence-corrected chi connectivity index (χ0v) is 6.76. The van der Waals surface area contributed by atoms with Crippen LogP contribution < -0.4 is 0 Å². The highest BCUT2D eigenvalue weighted by Crippen LogP contribution is 2.40. The third-order valence-electron chi connectivity index (χ3n) is 2.14. The molecular weight excluding hydrogens is 142 g/mol. The van der Waals surface area contributed by atoms with Crippen molar-refractivity contribution in [1.82, 2.24) is 4.90 Å². The number of amides is 1. The number of hydrogen-bond acceptors (Lipinski definition) is 2. The van der Waals surface area contributed by atoms with Crippen LogP contribution in [0, 0.1) is 0 Å². The van der Waals surface area contributed by atoms with Gasteiger partial charge >= 0.3 is 6.09 Å². The van der Waals surface area contributed by atoms with E-state index in [0.29, 0.717) is 12.6 Å². The van der Waals surface area contributed by atoms with E-state index >= 15 is 0 Å². The molecule has 0 aliphatic carbocycles. The molecule has 0 bridgehead atoms. The summed E-state index contributed by atoms with van der Waals surface area (Å²) in [4.78, 5) is 12.8. The minimum atomic E-state index is -0.169. The van der Waals surface area contributed by atoms with Crippen LogP contribution in [0.1, 0.15) is 20.3 Å². The number of ether oxygens (including phenoxy) is 1. The minimum Gasteiger partial charge on any atom is -0.449 e. The van der Waals surface area contributed by atoms with Gasteiger partial charge in [0.25, 0.3) is 0 Å². The number of cyclic esters (lactones) is 1. The second-order valence-electron chi connectivity index (χ2n) is 3.17. The van der Waals surface area contributed by atoms with Gasteiger partial charge in [-0.3, -0.25) is 4.90 Å². The molecule has 0 aromatic carbocycles. The maximum atomic E-state index is 11.0. The van der Waals surface area contributed by atoms with Crippen LogP contribution in [0.15, 0.2) is 11.3 Å². The Morgan fingerprint density at radius 2 is 2.36 bits per heavy atom. The SMILES string of the molecule is CC(C)=C1[C@@H]2CCOC(=O)N12. The van der Waals surface area contributed by atoms with Gasteiger partial charge in [0.15, 0.2) is 0 Å². The van der Waals surface area contributed by atoms with Crippen LogP contribution >= 0.6 is 0 Å². The number of fused-ring (bicyclic) bond motifs is 1. The molecule has 2 aliphatic heterocycles. The maximum absolute atomic E-state index is 11.0. The fourth-order valence-corrected chi connectivity index (χ4v) is 1.63. The van der Waals surface area contributed by atoms with Crippen LogP contribution in [0.4, 0.5) is 4.79 Å². The molecular formula is C8H11NO2. The van der Waals surface area contributed by atoms with Crippen LogP contribution in [0.25, 0.3) is 0 Å². The summed E-state index contributed by atoms with van der Waals surface area (Å²) in [5, 5.41) is 0. The molecule has 0 radical (unpaired) electrons. The van der Waals surface area contributed by atoms with Crippen molar-refractivity contribution in [3.8, 4) is 0 Å². The molecule has 0 unspecified atom stereocenters. The first kappa shape index (κ1) is 6.70. The third-order valence-corrected chi connectivity index (χ3v) is 2.14. The second-order valence-corrected chi connectivity index (χ2v) is 3.17. The van der Waals surface area contributed by atoms with Crippen molar-refractivity contribution in [3.05, 3.63) is 11.3 Å². The molecule has 2 aliphatic rings. The molecule has 2 fully saturated rings. The fraction of sp³-hybridized carbons (Fsp3) is 0.625. The number of hydrogen-bond donors (Lipinski definition) is 0. The lowest BCUT2D eigenvalue weighted by Crippen LogP contribution is -2.22. The first-order chi connectivity index (χ1) is 5.22. The van der Waals surface area contributed by atoms with Gasteiger partial charge in [-0.25, -0.2) is 4.79 Å². The van der Waals surface area contributed by atoms with E-state index in [0.717, 1.165) is 6.42 Å². The van der Waals surface area contributed by atoms with Gasteiger partial charge in [-0.15, -0.1) is 0 Å². The third kappa shape index (κ3) is 0.836. The van der Waals surface area contributed by atoms with Crippen LogP contribution in [-0.2, 0) is 4.74 Å². The normalized spacial score (nSPS) is 27.8. The summed E-state index contributed by atoms with van der Waals surface area (Å²) in [6.45, 7) is 4.64. The summed E-state index contributed by atoms with van der Waals surface area (Å²) in [6, 6.07) is 0.376. The van der Waals surface area contributed by atoms with Gasteiger partial charge in [0.2, 0.25) is 0 Å². The fourth-order valence-electron chi connectivity index (χ4n) is 1.63. The first-order valence-electron chi connectivity index (χ1n) is 3.85. The molecule has 11 heavy (non-hydrogen) atoms. The predicted molar refractivity (Wildman–Crippen MR) is 40.0 cm³/mol. The molecule has 60 valence electrons. The Morgan fingerprint density at radius 3 is 2.91 bits per heavy atom. The van der Waals surface area contributed by atoms with Crippen molar-refractivity contribution in [2.75, 3.05) is 6.61 Å². The van der Waals surface area contributed by atoms with Crippen molar-refractivity contribution >= 4 is 6.09 Å². The van der Waals surface area contributed by atoms with Gasteiger partial charge in [-0.1, -0.05) is 5.57 Å². The molecule has 0 aromatic rings. The molecule has 0 aromatic heterocycles. The molecule has 1 atom stereocenters. The summed E-state index contributed by atoms with van der Waals surface area (Å²) in [6.07, 6.45) is 0.796. The van der Waals surface area contributed by atoms with E-state index in [9.17, 15) is 4.79 Å². The van der Waals surface area contributed by atoms with Crippen molar-refractivity contribution in [1.29, 1.82) is 0 Å². The average Bonchev–Trinajstić information content (AvgIpc) is 2.62. The van der Waals surface area contributed by atoms with Gasteiger partial charge in [0.1, 0.15) is 0 Å². The lowest BCUT2D eigenvalue weighted by atomic mass is 10.2. The molecule has 3 heteroatoms. The van der Waals surface area contributed by atoms with Gasteiger partial charge in [-0.05, 0) is 13.8 Å². The van der Waals surface area contributed by atoms with E-state index in [4.69, 9.17) is 4.74 Å². The number of rotatable bonds is 0. The summed E-state index contributed by atoms with van der Waals surface area (Å²) in [5.74, 6) is 0. The van der Waals surface area contributed by atoms with Crippen molar-refractivity contribution < 1.29 is 9.53 Å². The lowest BCUT2D eigenvalue weighted by molar-refractivity contribution is 0.111. The van der Waals surface area contributed by atoms with Crippen molar-refractivity contribution in [2.24, 2.45) is 0 Å². The molecule has 0 spiro atoms. The van der Waals surface area contributed by atoms with Gasteiger partial charge in [0, 0.05) is 12.1 Å². The summed E-state index contributed by atoms with van der Waals surface area (Å²) >= 11 is 0. The first-order valence-corrected chi connectivity index (χ1v) is 3.85. The Hall–Kier alpha value is -0.990. The largest absolute Gasteiger partial charge is 0.449 e. The number of carbonyl (C=O) groups is 1. The van der Waals surface area contributed by atoms with Crippen molar-refractivity contribution in [3.63, 3.8) is 0 Å². The highest BCUT2D eigenvalue weighted by Gasteiger charge is 2.49. The van der Waals surface area contributed by atoms with Gasteiger partial charge < -0.3 is 4.74 Å². The average molecular weight is 153 g/mol. The van der Waals surface area contributed by atoms with E-state index < -0.39 is 0 Å². The van der Waals surface area contributed by atoms with E-state index in [1.807, 2.05) is 13.8 Å². The monoisotopic (exact) mass is 153 g/mol. The molecule has 2 rings (SSSR count). The lowest BCUT2D eigenvalue weighted by Gasteiger charge is -2.09. The Morgan fingerprint density at radius 1 is 1.64 bits per heavy atom. The van der Waals surface area contributed by atoms with E-state index in [2.05, 4.69) is 0 Å². The van der Waals surface area contributed by atoms with Crippen LogP contribution in [0.5, 0.6) is 0 Å². The second kappa shape index (κ2) is 2.00. The van der Waals surface area contributed by atoms with E-state index in [1.54, 1.807) is 4.90 Å². The topological polar surface area (TPSA) is 29.3 Å². The highest BCUT2D eigenvalue weighted by atomic mass is 16.6. The minimum absolute atomic E-state index is 0.169. The molecule has 1 amide bonds. The van der Waals surface area contributed by atoms with E-state index in [1.165, 1.54) is 11.3 Å². The smallest absolute Gasteiger partial charge is 0.414 e. The zero-order valence-electron chi connectivity index (χ0n) is 6.76. The molecule has 0 N–H and O–H groups in total. The zero-order chi connectivity index (χ0) is 8.01. The Balaban J connectivity index is 2.23. The standard InChI is InChI=1S/C8H11NO2/c1-5(2)7-6-3-4-11-8(10)9(6)7/h6H,3-4H2,1-2H3/t6-,9?/m0/s1. The predicted octanol–water partition coefficient (Wildman–Crippen LogP) is 1.50. The highest BCUT2D eigenvalue weighted by molar-refractivity contribution is 5.77. The molecule has 2 saturated heterocycles. The summed E-state index contributed by atoms with van der Waals surface area (Å²) < 4.78 is 4.86. The number of carbonyl (C=O) groups excluding carboxylic acids is 1. The summed E-state index contributed by atoms with van der Waals surface area (Å²) in [5.41, 5.74) is 2.40. The summed E-state index contributed by atoms with van der Waals surface area (Å²) in [7, 11) is 0. The van der Waals surface area contributed by atoms with Crippen LogP contribution in [0.2, 0.25) is 0 Å². The Labute approximate surface area is 65.6 Å². The molecule has 0 saturated carbocycles. The molecule has 2 heterocycles. The van der Waals surface area contributed by atoms with Crippen LogP contribution in [-0.4, -0.2) is 23.6 Å². The number of allylic oxidation sites excluding steroid dienone is 1. The number of nitrogens with zero attached hydrogens (tertiary/aromatic N) is 1. The van der Waals surface area contributed by atoms with Gasteiger partial charge in [0.05, 0.1) is 12.6 Å². The van der Waals surface area contributed by atoms with Gasteiger partial charge in [-0.2, -0.15) is 0 Å². The quantitative estimate of drug-likeness (QED) is 0.493. The molecule has 3 nitrogen and oxygen atoms in total. The van der Waals surface area contributed by atoms with E-state index in [-0.39, 0.29) is 6.09 Å². The maximum Gasteiger partial charge on any atom is 0.414 e. The Bertz CT molecular complexity index is 240. The van der Waals surface area contributed by atoms with Crippen molar-refractivity contribution in [2.45, 2.75) is 26.3 Å². The van der Waals surface area contributed by atoms with Crippen LogP contribution in [0.3, 0.4) is 0 Å². The Kier molecular flexibility index (Phi) is 1.22.